The van der Waals surface area contributed by atoms with Gasteiger partial charge in [0, 0.05) is 32.0 Å². The lowest BCUT2D eigenvalue weighted by molar-refractivity contribution is 0.102. The molecule has 2 aromatic heterocycles. The fraction of sp³-hybridized carbons (Fsp3) is 0.222. The Bertz CT molecular complexity index is 852. The Balaban J connectivity index is 1.72. The van der Waals surface area contributed by atoms with Gasteiger partial charge in [-0.1, -0.05) is 12.1 Å². The largest absolute Gasteiger partial charge is 0.378 e. The maximum atomic E-state index is 12.3. The molecule has 0 unspecified atom stereocenters. The lowest BCUT2D eigenvalue weighted by Crippen LogP contribution is -2.17. The maximum absolute atomic E-state index is 12.3. The zero-order chi connectivity index (χ0) is 17.8. The minimum atomic E-state index is -0.308. The van der Waals surface area contributed by atoms with Crippen molar-refractivity contribution in [3.63, 3.8) is 0 Å². The third-order valence-corrected chi connectivity index (χ3v) is 3.76. The van der Waals surface area contributed by atoms with Crippen LogP contribution in [-0.2, 0) is 6.54 Å². The van der Waals surface area contributed by atoms with E-state index in [0.29, 0.717) is 12.4 Å². The number of rotatable bonds is 5. The van der Waals surface area contributed by atoms with Gasteiger partial charge >= 0.3 is 0 Å². The number of aryl methyl sites for hydroxylation is 1. The van der Waals surface area contributed by atoms with E-state index < -0.39 is 0 Å². The van der Waals surface area contributed by atoms with Gasteiger partial charge in [-0.3, -0.25) is 9.78 Å². The van der Waals surface area contributed by atoms with Crippen LogP contribution in [0.25, 0.3) is 0 Å². The van der Waals surface area contributed by atoms with Gasteiger partial charge in [-0.15, -0.1) is 0 Å². The van der Waals surface area contributed by atoms with Crippen LogP contribution < -0.4 is 10.2 Å². The Morgan fingerprint density at radius 3 is 2.52 bits per heavy atom. The molecule has 128 valence electrons. The lowest BCUT2D eigenvalue weighted by atomic mass is 10.2. The monoisotopic (exact) mass is 336 g/mol. The molecule has 7 nitrogen and oxygen atoms in total. The van der Waals surface area contributed by atoms with E-state index in [1.807, 2.05) is 38.1 Å². The summed E-state index contributed by atoms with van der Waals surface area (Å²) in [5, 5.41) is 7.11. The number of nitrogens with one attached hydrogen (secondary N) is 1. The lowest BCUT2D eigenvalue weighted by Gasteiger charge is -2.13. The molecular weight excluding hydrogens is 316 g/mol. The Labute approximate surface area is 146 Å². The van der Waals surface area contributed by atoms with Crippen LogP contribution in [0.4, 0.5) is 11.5 Å². The summed E-state index contributed by atoms with van der Waals surface area (Å²) in [7, 11) is 4.01. The van der Waals surface area contributed by atoms with Gasteiger partial charge in [-0.05, 0) is 24.6 Å². The number of carbonyl (C=O) groups is 1. The standard InChI is InChI=1S/C18H20N6O/c1-13-10-20-16(11-19-13)18(25)22-17-8-9-21-24(17)12-14-4-6-15(7-5-14)23(2)3/h4-11H,12H2,1-3H3,(H,22,25). The highest BCUT2D eigenvalue weighted by Crippen LogP contribution is 2.15. The summed E-state index contributed by atoms with van der Waals surface area (Å²) in [5.74, 6) is 0.307. The van der Waals surface area contributed by atoms with Gasteiger partial charge in [0.15, 0.2) is 0 Å². The SMILES string of the molecule is Cc1cnc(C(=O)Nc2ccnn2Cc2ccc(N(C)C)cc2)cn1. The first-order chi connectivity index (χ1) is 12.0. The maximum Gasteiger partial charge on any atom is 0.277 e. The van der Waals surface area contributed by atoms with Crippen LogP contribution in [0.3, 0.4) is 0 Å². The zero-order valence-electron chi connectivity index (χ0n) is 14.5. The fourth-order valence-corrected chi connectivity index (χ4v) is 2.33. The Morgan fingerprint density at radius 1 is 1.12 bits per heavy atom. The molecule has 0 atom stereocenters. The molecule has 7 heteroatoms. The normalized spacial score (nSPS) is 10.5. The van der Waals surface area contributed by atoms with Crippen molar-refractivity contribution in [3.05, 3.63) is 65.9 Å². The third-order valence-electron chi connectivity index (χ3n) is 3.76. The number of anilines is 2. The smallest absolute Gasteiger partial charge is 0.277 e. The number of benzene rings is 1. The third kappa shape index (κ3) is 4.00. The van der Waals surface area contributed by atoms with Crippen LogP contribution in [0.15, 0.2) is 48.9 Å². The second-order valence-electron chi connectivity index (χ2n) is 5.93. The van der Waals surface area contributed by atoms with E-state index >= 15 is 0 Å². The van der Waals surface area contributed by atoms with Crippen LogP contribution in [0.2, 0.25) is 0 Å². The van der Waals surface area contributed by atoms with Crippen molar-refractivity contribution in [1.82, 2.24) is 19.7 Å². The molecule has 0 aliphatic carbocycles. The molecule has 1 N–H and O–H groups in total. The van der Waals surface area contributed by atoms with Crippen molar-refractivity contribution in [2.24, 2.45) is 0 Å². The van der Waals surface area contributed by atoms with E-state index in [1.54, 1.807) is 23.1 Å². The van der Waals surface area contributed by atoms with E-state index in [9.17, 15) is 4.79 Å². The predicted molar refractivity (Wildman–Crippen MR) is 96.8 cm³/mol. The zero-order valence-corrected chi connectivity index (χ0v) is 14.5. The molecule has 0 fully saturated rings. The molecule has 0 saturated carbocycles. The Morgan fingerprint density at radius 2 is 1.88 bits per heavy atom. The Hall–Kier alpha value is -3.22. The average Bonchev–Trinajstić information content (AvgIpc) is 3.02. The van der Waals surface area contributed by atoms with Gasteiger partial charge in [0.25, 0.3) is 5.91 Å². The second kappa shape index (κ2) is 7.12. The van der Waals surface area contributed by atoms with Crippen LogP contribution in [0.5, 0.6) is 0 Å². The number of nitrogens with zero attached hydrogens (tertiary/aromatic N) is 5. The highest BCUT2D eigenvalue weighted by molar-refractivity contribution is 6.02. The summed E-state index contributed by atoms with van der Waals surface area (Å²) in [5.41, 5.74) is 3.27. The van der Waals surface area contributed by atoms with Gasteiger partial charge in [0.1, 0.15) is 11.5 Å². The molecule has 0 bridgehead atoms. The summed E-state index contributed by atoms with van der Waals surface area (Å²) in [4.78, 5) is 22.5. The number of carbonyl (C=O) groups excluding carboxylic acids is 1. The van der Waals surface area contributed by atoms with Crippen molar-refractivity contribution in [1.29, 1.82) is 0 Å². The molecule has 1 aromatic carbocycles. The van der Waals surface area contributed by atoms with Gasteiger partial charge < -0.3 is 10.2 Å². The van der Waals surface area contributed by atoms with E-state index in [1.165, 1.54) is 6.20 Å². The van der Waals surface area contributed by atoms with Crippen molar-refractivity contribution in [2.45, 2.75) is 13.5 Å². The minimum absolute atomic E-state index is 0.272. The van der Waals surface area contributed by atoms with Gasteiger partial charge in [0.2, 0.25) is 0 Å². The van der Waals surface area contributed by atoms with E-state index in [0.717, 1.165) is 16.9 Å². The summed E-state index contributed by atoms with van der Waals surface area (Å²) in [6, 6.07) is 9.97. The average molecular weight is 336 g/mol. The molecule has 0 aliphatic rings. The molecule has 3 aromatic rings. The van der Waals surface area contributed by atoms with Crippen molar-refractivity contribution >= 4 is 17.4 Å². The number of aromatic nitrogens is 4. The minimum Gasteiger partial charge on any atom is -0.378 e. The number of hydrogen-bond acceptors (Lipinski definition) is 5. The van der Waals surface area contributed by atoms with E-state index in [2.05, 4.69) is 32.5 Å². The van der Waals surface area contributed by atoms with Crippen LogP contribution in [0, 0.1) is 6.92 Å². The van der Waals surface area contributed by atoms with Gasteiger partial charge in [-0.2, -0.15) is 5.10 Å². The first-order valence-electron chi connectivity index (χ1n) is 7.91. The molecule has 1 amide bonds. The van der Waals surface area contributed by atoms with E-state index in [4.69, 9.17) is 0 Å². The highest BCUT2D eigenvalue weighted by atomic mass is 16.2. The summed E-state index contributed by atoms with van der Waals surface area (Å²) >= 11 is 0. The van der Waals surface area contributed by atoms with Gasteiger partial charge in [-0.25, -0.2) is 9.67 Å². The predicted octanol–water partition coefficient (Wildman–Crippen LogP) is 2.35. The summed E-state index contributed by atoms with van der Waals surface area (Å²) in [6.45, 7) is 2.39. The Kier molecular flexibility index (Phi) is 4.74. The molecule has 0 saturated heterocycles. The van der Waals surface area contributed by atoms with Crippen LogP contribution >= 0.6 is 0 Å². The molecule has 2 heterocycles. The van der Waals surface area contributed by atoms with Gasteiger partial charge in [0.05, 0.1) is 24.6 Å². The van der Waals surface area contributed by atoms with E-state index in [-0.39, 0.29) is 11.6 Å². The molecular formula is C18H20N6O. The van der Waals surface area contributed by atoms with Crippen LogP contribution in [0.1, 0.15) is 21.7 Å². The first-order valence-corrected chi connectivity index (χ1v) is 7.91. The topological polar surface area (TPSA) is 75.9 Å². The summed E-state index contributed by atoms with van der Waals surface area (Å²) < 4.78 is 1.74. The molecule has 25 heavy (non-hydrogen) atoms. The number of amides is 1. The molecule has 0 radical (unpaired) electrons. The van der Waals surface area contributed by atoms with Crippen molar-refractivity contribution < 1.29 is 4.79 Å². The molecule has 3 rings (SSSR count). The quantitative estimate of drug-likeness (QED) is 0.774. The number of hydrogen-bond donors (Lipinski definition) is 1. The second-order valence-corrected chi connectivity index (χ2v) is 5.93. The molecule has 0 aliphatic heterocycles. The highest BCUT2D eigenvalue weighted by Gasteiger charge is 2.11. The van der Waals surface area contributed by atoms with Crippen LogP contribution in [-0.4, -0.2) is 39.8 Å². The summed E-state index contributed by atoms with van der Waals surface area (Å²) in [6.07, 6.45) is 4.69. The first kappa shape index (κ1) is 16.6. The van der Waals surface area contributed by atoms with Crippen molar-refractivity contribution in [3.8, 4) is 0 Å². The van der Waals surface area contributed by atoms with Crippen molar-refractivity contribution in [2.75, 3.05) is 24.3 Å². The fourth-order valence-electron chi connectivity index (χ4n) is 2.33. The molecule has 0 spiro atoms.